The van der Waals surface area contributed by atoms with Gasteiger partial charge in [0.25, 0.3) is 5.69 Å². The van der Waals surface area contributed by atoms with Crippen LogP contribution in [-0.2, 0) is 11.8 Å². The molecular formula is C30H35N7O5. The molecule has 4 aromatic rings. The Labute approximate surface area is 244 Å². The van der Waals surface area contributed by atoms with Crippen LogP contribution in [-0.4, -0.2) is 77.8 Å². The summed E-state index contributed by atoms with van der Waals surface area (Å²) in [6.45, 7) is 1.30. The number of para-hydroxylation sites is 1. The Kier molecular flexibility index (Phi) is 8.25. The number of nitro groups is 1. The minimum absolute atomic E-state index is 0.0884. The number of rotatable bonds is 11. The van der Waals surface area contributed by atoms with Crippen molar-refractivity contribution in [2.24, 2.45) is 7.05 Å². The number of nitrogens with zero attached hydrogens (tertiary/aromatic N) is 6. The van der Waals surface area contributed by atoms with Crippen LogP contribution < -0.4 is 15.0 Å². The molecule has 0 unspecified atom stereocenters. The number of carbonyl (C=O) groups is 1. The second kappa shape index (κ2) is 12.0. The van der Waals surface area contributed by atoms with Crippen molar-refractivity contribution in [1.82, 2.24) is 19.4 Å². The molecule has 0 amide bonds. The van der Waals surface area contributed by atoms with Crippen LogP contribution in [0.5, 0.6) is 5.75 Å². The Morgan fingerprint density at radius 1 is 1.19 bits per heavy atom. The van der Waals surface area contributed by atoms with Gasteiger partial charge in [0, 0.05) is 68.2 Å². The molecule has 5 rings (SSSR count). The van der Waals surface area contributed by atoms with Crippen LogP contribution in [0.1, 0.15) is 29.6 Å². The van der Waals surface area contributed by atoms with Crippen LogP contribution in [0, 0.1) is 10.1 Å². The molecule has 0 spiro atoms. The van der Waals surface area contributed by atoms with E-state index in [1.54, 1.807) is 13.1 Å². The molecule has 12 nitrogen and oxygen atoms in total. The standard InChI is InChI=1S/C30H35N7O5/c1-34(2)13-14-35(3)25-16-27(41-5)23(15-26(25)37(39)40)32-30-31-17-21(29(38)42-19-9-8-10-19)28(33-30)22-18-36(4)24-12-7-6-11-20(22)24/h6-7,11-12,15-19H,8-10,13-14H2,1-5H3,(H,31,32,33). The molecule has 0 atom stereocenters. The fourth-order valence-corrected chi connectivity index (χ4v) is 4.90. The van der Waals surface area contributed by atoms with Gasteiger partial charge in [0.1, 0.15) is 23.1 Å². The second-order valence-corrected chi connectivity index (χ2v) is 10.7. The van der Waals surface area contributed by atoms with Gasteiger partial charge in [-0.05, 0) is 39.4 Å². The Morgan fingerprint density at radius 3 is 2.62 bits per heavy atom. The predicted molar refractivity (Wildman–Crippen MR) is 162 cm³/mol. The lowest BCUT2D eigenvalue weighted by Gasteiger charge is -2.25. The molecule has 42 heavy (non-hydrogen) atoms. The minimum atomic E-state index is -0.479. The fraction of sp³-hybridized carbons (Fsp3) is 0.367. The maximum Gasteiger partial charge on any atom is 0.342 e. The first-order valence-corrected chi connectivity index (χ1v) is 13.8. The summed E-state index contributed by atoms with van der Waals surface area (Å²) < 4.78 is 13.3. The first-order valence-electron chi connectivity index (χ1n) is 13.8. The summed E-state index contributed by atoms with van der Waals surface area (Å²) in [7, 11) is 9.12. The number of nitrogens with one attached hydrogen (secondary N) is 1. The molecule has 12 heteroatoms. The van der Waals surface area contributed by atoms with Gasteiger partial charge in [-0.1, -0.05) is 18.2 Å². The molecule has 1 saturated carbocycles. The molecule has 220 valence electrons. The van der Waals surface area contributed by atoms with Crippen LogP contribution in [0.3, 0.4) is 0 Å². The highest BCUT2D eigenvalue weighted by atomic mass is 16.6. The van der Waals surface area contributed by atoms with Gasteiger partial charge in [0.2, 0.25) is 5.95 Å². The summed E-state index contributed by atoms with van der Waals surface area (Å²) in [6, 6.07) is 10.9. The van der Waals surface area contributed by atoms with E-state index in [1.165, 1.54) is 19.4 Å². The number of hydrogen-bond acceptors (Lipinski definition) is 10. The number of methoxy groups -OCH3 is 1. The van der Waals surface area contributed by atoms with E-state index in [0.717, 1.165) is 42.3 Å². The Morgan fingerprint density at radius 2 is 1.95 bits per heavy atom. The molecule has 0 aliphatic heterocycles. The summed E-state index contributed by atoms with van der Waals surface area (Å²) >= 11 is 0. The van der Waals surface area contributed by atoms with E-state index in [9.17, 15) is 14.9 Å². The molecule has 1 aliphatic rings. The number of ether oxygens (including phenoxy) is 2. The SMILES string of the molecule is COc1cc(N(C)CCN(C)C)c([N+](=O)[O-])cc1Nc1ncc(C(=O)OC2CCC2)c(-c2cn(C)c3ccccc23)n1. The minimum Gasteiger partial charge on any atom is -0.494 e. The van der Waals surface area contributed by atoms with Crippen molar-refractivity contribution in [3.05, 3.63) is 64.5 Å². The molecule has 0 saturated heterocycles. The molecule has 1 fully saturated rings. The predicted octanol–water partition coefficient (Wildman–Crippen LogP) is 5.00. The quantitative estimate of drug-likeness (QED) is 0.149. The van der Waals surface area contributed by atoms with Crippen molar-refractivity contribution < 1.29 is 19.2 Å². The van der Waals surface area contributed by atoms with Crippen LogP contribution in [0.2, 0.25) is 0 Å². The monoisotopic (exact) mass is 573 g/mol. The zero-order valence-corrected chi connectivity index (χ0v) is 24.5. The first-order chi connectivity index (χ1) is 20.2. The third kappa shape index (κ3) is 5.84. The molecule has 2 aromatic carbocycles. The van der Waals surface area contributed by atoms with Crippen LogP contribution in [0.4, 0.5) is 23.0 Å². The van der Waals surface area contributed by atoms with E-state index in [-0.39, 0.29) is 23.3 Å². The molecule has 2 aromatic heterocycles. The number of benzene rings is 2. The van der Waals surface area contributed by atoms with Crippen LogP contribution >= 0.6 is 0 Å². The van der Waals surface area contributed by atoms with Crippen LogP contribution in [0.25, 0.3) is 22.2 Å². The second-order valence-electron chi connectivity index (χ2n) is 10.7. The van der Waals surface area contributed by atoms with E-state index in [0.29, 0.717) is 29.4 Å². The summed E-state index contributed by atoms with van der Waals surface area (Å²) in [4.78, 5) is 37.9. The van der Waals surface area contributed by atoms with Gasteiger partial charge in [-0.25, -0.2) is 14.8 Å². The van der Waals surface area contributed by atoms with Crippen molar-refractivity contribution in [2.75, 3.05) is 51.6 Å². The maximum atomic E-state index is 13.2. The number of hydrogen-bond donors (Lipinski definition) is 1. The van der Waals surface area contributed by atoms with Gasteiger partial charge in [-0.15, -0.1) is 0 Å². The lowest BCUT2D eigenvalue weighted by Crippen LogP contribution is -2.29. The number of aryl methyl sites for hydroxylation is 1. The highest BCUT2D eigenvalue weighted by Crippen LogP contribution is 2.39. The highest BCUT2D eigenvalue weighted by molar-refractivity contribution is 6.03. The number of likely N-dealkylation sites (N-methyl/N-ethyl adjacent to an activating group) is 2. The lowest BCUT2D eigenvalue weighted by atomic mass is 9.96. The highest BCUT2D eigenvalue weighted by Gasteiger charge is 2.27. The third-order valence-electron chi connectivity index (χ3n) is 7.52. The topological polar surface area (TPSA) is 128 Å². The number of aromatic nitrogens is 3. The van der Waals surface area contributed by atoms with Crippen molar-refractivity contribution >= 4 is 39.9 Å². The molecule has 0 radical (unpaired) electrons. The van der Waals surface area contributed by atoms with E-state index in [4.69, 9.17) is 14.5 Å². The van der Waals surface area contributed by atoms with Gasteiger partial charge in [-0.2, -0.15) is 0 Å². The smallest absolute Gasteiger partial charge is 0.342 e. The summed E-state index contributed by atoms with van der Waals surface area (Å²) in [5, 5.41) is 16.1. The van der Waals surface area contributed by atoms with E-state index in [2.05, 4.69) is 10.3 Å². The average molecular weight is 574 g/mol. The zero-order valence-electron chi connectivity index (χ0n) is 24.5. The number of fused-ring (bicyclic) bond motifs is 1. The van der Waals surface area contributed by atoms with E-state index >= 15 is 0 Å². The van der Waals surface area contributed by atoms with Gasteiger partial charge in [0.15, 0.2) is 0 Å². The Bertz CT molecular complexity index is 1630. The molecule has 2 heterocycles. The number of nitro benzene ring substituents is 1. The molecular weight excluding hydrogens is 538 g/mol. The van der Waals surface area contributed by atoms with Gasteiger partial charge >= 0.3 is 5.97 Å². The van der Waals surface area contributed by atoms with Crippen LogP contribution in [0.15, 0.2) is 48.8 Å². The number of carbonyl (C=O) groups excluding carboxylic acids is 1. The van der Waals surface area contributed by atoms with Crippen molar-refractivity contribution in [1.29, 1.82) is 0 Å². The zero-order chi connectivity index (χ0) is 30.0. The lowest BCUT2D eigenvalue weighted by molar-refractivity contribution is -0.384. The summed E-state index contributed by atoms with van der Waals surface area (Å²) in [6.07, 6.45) is 5.97. The average Bonchev–Trinajstić information content (AvgIpc) is 3.29. The molecule has 1 aliphatic carbocycles. The van der Waals surface area contributed by atoms with Gasteiger partial charge < -0.3 is 29.2 Å². The van der Waals surface area contributed by atoms with E-state index in [1.807, 2.05) is 66.0 Å². The normalized spacial score (nSPS) is 13.2. The Balaban J connectivity index is 1.56. The Hall–Kier alpha value is -4.71. The number of esters is 1. The maximum absolute atomic E-state index is 13.2. The number of anilines is 3. The van der Waals surface area contributed by atoms with Crippen molar-refractivity contribution in [3.63, 3.8) is 0 Å². The van der Waals surface area contributed by atoms with Crippen molar-refractivity contribution in [3.8, 4) is 17.0 Å². The molecule has 0 bridgehead atoms. The largest absolute Gasteiger partial charge is 0.494 e. The fourth-order valence-electron chi connectivity index (χ4n) is 4.90. The summed E-state index contributed by atoms with van der Waals surface area (Å²) in [5.41, 5.74) is 3.04. The van der Waals surface area contributed by atoms with Gasteiger partial charge in [-0.3, -0.25) is 10.1 Å². The van der Waals surface area contributed by atoms with Crippen molar-refractivity contribution in [2.45, 2.75) is 25.4 Å². The summed E-state index contributed by atoms with van der Waals surface area (Å²) in [5.74, 6) is 0.0584. The first kappa shape index (κ1) is 28.8. The van der Waals surface area contributed by atoms with Gasteiger partial charge in [0.05, 0.1) is 23.4 Å². The van der Waals surface area contributed by atoms with E-state index < -0.39 is 10.9 Å². The molecule has 1 N–H and O–H groups in total. The third-order valence-corrected chi connectivity index (χ3v) is 7.52.